The smallest absolute Gasteiger partial charge is 0.341 e. The van der Waals surface area contributed by atoms with E-state index in [0.717, 1.165) is 12.1 Å². The highest BCUT2D eigenvalue weighted by Gasteiger charge is 2.47. The maximum Gasteiger partial charge on any atom is 0.341 e. The second-order valence-corrected chi connectivity index (χ2v) is 8.18. The van der Waals surface area contributed by atoms with Gasteiger partial charge in [-0.25, -0.2) is 4.79 Å². The molecule has 1 aromatic rings. The zero-order chi connectivity index (χ0) is 16.2. The van der Waals surface area contributed by atoms with E-state index in [2.05, 4.69) is 24.8 Å². The Morgan fingerprint density at radius 2 is 2.04 bits per heavy atom. The molecule has 4 heteroatoms. The third kappa shape index (κ3) is 2.35. The minimum absolute atomic E-state index is 0.0573. The summed E-state index contributed by atoms with van der Waals surface area (Å²) in [7, 11) is 1.43. The van der Waals surface area contributed by atoms with Gasteiger partial charge >= 0.3 is 5.97 Å². The Morgan fingerprint density at radius 3 is 2.65 bits per heavy atom. The molecule has 4 rings (SSSR count). The molecule has 1 spiro atoms. The van der Waals surface area contributed by atoms with Crippen molar-refractivity contribution in [3.63, 3.8) is 0 Å². The summed E-state index contributed by atoms with van der Waals surface area (Å²) in [4.78, 5) is 14.6. The average Bonchev–Trinajstić information content (AvgIpc) is 2.74. The molecule has 4 nitrogen and oxygen atoms in total. The number of benzene rings is 1. The molecule has 1 aliphatic carbocycles. The van der Waals surface area contributed by atoms with Gasteiger partial charge in [0.05, 0.1) is 13.7 Å². The van der Waals surface area contributed by atoms with Gasteiger partial charge in [-0.3, -0.25) is 4.90 Å². The van der Waals surface area contributed by atoms with Crippen LogP contribution in [0, 0.1) is 5.41 Å². The van der Waals surface area contributed by atoms with Gasteiger partial charge in [0.1, 0.15) is 11.3 Å². The van der Waals surface area contributed by atoms with Gasteiger partial charge in [-0.15, -0.1) is 0 Å². The second kappa shape index (κ2) is 4.97. The third-order valence-corrected chi connectivity index (χ3v) is 5.80. The number of likely N-dealkylation sites (tertiary alicyclic amines) is 1. The van der Waals surface area contributed by atoms with Crippen LogP contribution in [-0.2, 0) is 16.7 Å². The number of hydrogen-bond donors (Lipinski definition) is 0. The first-order valence-electron chi connectivity index (χ1n) is 8.53. The summed E-state index contributed by atoms with van der Waals surface area (Å²) in [5.41, 5.74) is 3.47. The first-order valence-corrected chi connectivity index (χ1v) is 8.53. The van der Waals surface area contributed by atoms with Crippen LogP contribution in [0.15, 0.2) is 12.1 Å². The van der Waals surface area contributed by atoms with Crippen LogP contribution in [0.2, 0.25) is 0 Å². The van der Waals surface area contributed by atoms with E-state index in [0.29, 0.717) is 23.3 Å². The lowest BCUT2D eigenvalue weighted by molar-refractivity contribution is -0.0645. The Morgan fingerprint density at radius 1 is 1.30 bits per heavy atom. The first kappa shape index (κ1) is 15.0. The zero-order valence-electron chi connectivity index (χ0n) is 14.3. The van der Waals surface area contributed by atoms with Crippen molar-refractivity contribution in [1.29, 1.82) is 0 Å². The Balaban J connectivity index is 1.61. The fourth-order valence-corrected chi connectivity index (χ4v) is 4.30. The maximum absolute atomic E-state index is 12.1. The summed E-state index contributed by atoms with van der Waals surface area (Å²) in [6.45, 7) is 8.26. The van der Waals surface area contributed by atoms with Gasteiger partial charge < -0.3 is 9.47 Å². The van der Waals surface area contributed by atoms with E-state index in [9.17, 15) is 4.79 Å². The Hall–Kier alpha value is -1.55. The molecule has 3 aliphatic rings. The number of carbonyl (C=O) groups excluding carboxylic acids is 1. The summed E-state index contributed by atoms with van der Waals surface area (Å²) in [6.07, 6.45) is 4.18. The average molecular weight is 315 g/mol. The molecular weight excluding hydrogens is 290 g/mol. The normalized spacial score (nSPS) is 23.6. The minimum Gasteiger partial charge on any atom is -0.491 e. The molecule has 0 aromatic heterocycles. The van der Waals surface area contributed by atoms with Crippen molar-refractivity contribution in [2.45, 2.75) is 45.1 Å². The standard InChI is InChI=1S/C19H25NO3/c1-18(2)12-23-16-14(17(21)22-3)7-13(8-15(16)18)9-20-10-19(11-20)5-4-6-19/h7-8H,4-6,9-12H2,1-3H3. The van der Waals surface area contributed by atoms with Crippen LogP contribution in [0.1, 0.15) is 54.6 Å². The SMILES string of the molecule is COC(=O)c1cc(CN2CC3(CCC3)C2)cc2c1OCC2(C)C. The van der Waals surface area contributed by atoms with Gasteiger partial charge in [-0.05, 0) is 29.9 Å². The molecule has 2 heterocycles. The number of carbonyl (C=O) groups is 1. The van der Waals surface area contributed by atoms with Gasteiger partial charge in [0.15, 0.2) is 0 Å². The number of fused-ring (bicyclic) bond motifs is 1. The molecule has 1 saturated heterocycles. The van der Waals surface area contributed by atoms with Crippen LogP contribution >= 0.6 is 0 Å². The molecule has 0 N–H and O–H groups in total. The lowest BCUT2D eigenvalue weighted by Crippen LogP contribution is -2.58. The highest BCUT2D eigenvalue weighted by Crippen LogP contribution is 2.49. The van der Waals surface area contributed by atoms with Crippen LogP contribution in [-0.4, -0.2) is 37.7 Å². The molecule has 0 radical (unpaired) electrons. The van der Waals surface area contributed by atoms with Crippen LogP contribution in [0.3, 0.4) is 0 Å². The van der Waals surface area contributed by atoms with Gasteiger partial charge in [-0.1, -0.05) is 26.3 Å². The van der Waals surface area contributed by atoms with Crippen molar-refractivity contribution in [1.82, 2.24) is 4.90 Å². The molecule has 1 aromatic carbocycles. The minimum atomic E-state index is -0.306. The number of hydrogen-bond acceptors (Lipinski definition) is 4. The molecule has 0 amide bonds. The number of nitrogens with zero attached hydrogens (tertiary/aromatic N) is 1. The molecule has 0 unspecified atom stereocenters. The topological polar surface area (TPSA) is 38.8 Å². The van der Waals surface area contributed by atoms with E-state index < -0.39 is 0 Å². The van der Waals surface area contributed by atoms with Crippen LogP contribution in [0.4, 0.5) is 0 Å². The van der Waals surface area contributed by atoms with Gasteiger partial charge in [0, 0.05) is 30.6 Å². The van der Waals surface area contributed by atoms with Crippen molar-refractivity contribution in [3.05, 3.63) is 28.8 Å². The second-order valence-electron chi connectivity index (χ2n) is 8.18. The quantitative estimate of drug-likeness (QED) is 0.803. The molecule has 0 bridgehead atoms. The monoisotopic (exact) mass is 315 g/mol. The van der Waals surface area contributed by atoms with Crippen molar-refractivity contribution >= 4 is 5.97 Å². The van der Waals surface area contributed by atoms with Crippen LogP contribution < -0.4 is 4.74 Å². The van der Waals surface area contributed by atoms with Crippen molar-refractivity contribution in [2.24, 2.45) is 5.41 Å². The molecule has 23 heavy (non-hydrogen) atoms. The summed E-state index contributed by atoms with van der Waals surface area (Å²) in [5, 5.41) is 0. The number of ether oxygens (including phenoxy) is 2. The zero-order valence-corrected chi connectivity index (χ0v) is 14.3. The Labute approximate surface area is 137 Å². The lowest BCUT2D eigenvalue weighted by Gasteiger charge is -2.56. The molecule has 0 atom stereocenters. The molecular formula is C19H25NO3. The summed E-state index contributed by atoms with van der Waals surface area (Å²) in [6, 6.07) is 4.18. The Kier molecular flexibility index (Phi) is 3.24. The fourth-order valence-electron chi connectivity index (χ4n) is 4.30. The van der Waals surface area contributed by atoms with E-state index in [1.165, 1.54) is 45.0 Å². The van der Waals surface area contributed by atoms with Crippen molar-refractivity contribution in [2.75, 3.05) is 26.8 Å². The Bertz CT molecular complexity index is 653. The molecule has 124 valence electrons. The molecule has 2 fully saturated rings. The summed E-state index contributed by atoms with van der Waals surface area (Å²) >= 11 is 0. The van der Waals surface area contributed by atoms with Gasteiger partial charge in [-0.2, -0.15) is 0 Å². The van der Waals surface area contributed by atoms with E-state index in [1.54, 1.807) is 0 Å². The predicted molar refractivity (Wildman–Crippen MR) is 87.9 cm³/mol. The van der Waals surface area contributed by atoms with E-state index in [-0.39, 0.29) is 11.4 Å². The summed E-state index contributed by atoms with van der Waals surface area (Å²) in [5.74, 6) is 0.407. The lowest BCUT2D eigenvalue weighted by atomic mass is 9.63. The fraction of sp³-hybridized carbons (Fsp3) is 0.632. The summed E-state index contributed by atoms with van der Waals surface area (Å²) < 4.78 is 10.8. The van der Waals surface area contributed by atoms with E-state index in [4.69, 9.17) is 9.47 Å². The van der Waals surface area contributed by atoms with Gasteiger partial charge in [0.2, 0.25) is 0 Å². The van der Waals surface area contributed by atoms with Gasteiger partial charge in [0.25, 0.3) is 0 Å². The third-order valence-electron chi connectivity index (χ3n) is 5.80. The first-order chi connectivity index (χ1) is 10.9. The number of esters is 1. The maximum atomic E-state index is 12.1. The highest BCUT2D eigenvalue weighted by atomic mass is 16.5. The number of rotatable bonds is 3. The highest BCUT2D eigenvalue weighted by molar-refractivity contribution is 5.93. The molecule has 1 saturated carbocycles. The van der Waals surface area contributed by atoms with Crippen molar-refractivity contribution in [3.8, 4) is 5.75 Å². The van der Waals surface area contributed by atoms with Crippen molar-refractivity contribution < 1.29 is 14.3 Å². The van der Waals surface area contributed by atoms with E-state index >= 15 is 0 Å². The molecule has 2 aliphatic heterocycles. The van der Waals surface area contributed by atoms with Crippen LogP contribution in [0.5, 0.6) is 5.75 Å². The number of methoxy groups -OCH3 is 1. The predicted octanol–water partition coefficient (Wildman–Crippen LogP) is 3.13. The van der Waals surface area contributed by atoms with Crippen LogP contribution in [0.25, 0.3) is 0 Å². The largest absolute Gasteiger partial charge is 0.491 e. The van der Waals surface area contributed by atoms with E-state index in [1.807, 2.05) is 6.07 Å².